The Morgan fingerprint density at radius 3 is 2.50 bits per heavy atom. The van der Waals surface area contributed by atoms with Gasteiger partial charge in [0.05, 0.1) is 4.91 Å². The molecule has 1 saturated heterocycles. The van der Waals surface area contributed by atoms with Crippen LogP contribution in [0.3, 0.4) is 0 Å². The van der Waals surface area contributed by atoms with Crippen molar-refractivity contribution in [2.24, 2.45) is 0 Å². The molecule has 1 aliphatic carbocycles. The Morgan fingerprint density at radius 2 is 2.00 bits per heavy atom. The number of rotatable bonds is 0. The molecule has 12 heavy (non-hydrogen) atoms. The monoisotopic (exact) mass is 199 g/mol. The topological polar surface area (TPSA) is 29.1 Å². The SMILES string of the molecule is O=C1NC(=S)C(=C2CCCC2)S1. The van der Waals surface area contributed by atoms with Gasteiger partial charge >= 0.3 is 0 Å². The molecule has 1 heterocycles. The molecule has 0 spiro atoms. The van der Waals surface area contributed by atoms with Gasteiger partial charge < -0.3 is 5.32 Å². The highest BCUT2D eigenvalue weighted by Crippen LogP contribution is 2.35. The Labute approximate surface area is 80.8 Å². The molecule has 0 aromatic carbocycles. The summed E-state index contributed by atoms with van der Waals surface area (Å²) < 4.78 is 0. The summed E-state index contributed by atoms with van der Waals surface area (Å²) in [6.07, 6.45) is 4.74. The predicted octanol–water partition coefficient (Wildman–Crippen LogP) is 2.60. The fraction of sp³-hybridized carbons (Fsp3) is 0.500. The predicted molar refractivity (Wildman–Crippen MR) is 54.2 cm³/mol. The van der Waals surface area contributed by atoms with Gasteiger partial charge in [-0.2, -0.15) is 0 Å². The second-order valence-electron chi connectivity index (χ2n) is 2.98. The van der Waals surface area contributed by atoms with Gasteiger partial charge in [0, 0.05) is 0 Å². The highest BCUT2D eigenvalue weighted by molar-refractivity contribution is 8.19. The van der Waals surface area contributed by atoms with Crippen LogP contribution in [0, 0.1) is 0 Å². The van der Waals surface area contributed by atoms with E-state index in [1.165, 1.54) is 30.2 Å². The van der Waals surface area contributed by atoms with Crippen LogP contribution in [0.5, 0.6) is 0 Å². The van der Waals surface area contributed by atoms with E-state index >= 15 is 0 Å². The lowest BCUT2D eigenvalue weighted by Crippen LogP contribution is -2.16. The number of hydrogen-bond acceptors (Lipinski definition) is 3. The van der Waals surface area contributed by atoms with Crippen molar-refractivity contribution in [1.29, 1.82) is 0 Å². The standard InChI is InChI=1S/C8H9NOS2/c10-8-9-7(11)6(12-8)5-3-1-2-4-5/h1-4H2,(H,9,10,11). The molecule has 1 amide bonds. The van der Waals surface area contributed by atoms with Gasteiger partial charge in [0.25, 0.3) is 5.24 Å². The number of thioether (sulfide) groups is 1. The van der Waals surface area contributed by atoms with Gasteiger partial charge in [-0.25, -0.2) is 0 Å². The minimum Gasteiger partial charge on any atom is -0.307 e. The van der Waals surface area contributed by atoms with E-state index in [4.69, 9.17) is 12.2 Å². The van der Waals surface area contributed by atoms with Crippen molar-refractivity contribution in [3.8, 4) is 0 Å². The Bertz CT molecular complexity index is 275. The van der Waals surface area contributed by atoms with E-state index in [0.717, 1.165) is 17.7 Å². The van der Waals surface area contributed by atoms with Gasteiger partial charge in [0.1, 0.15) is 4.99 Å². The summed E-state index contributed by atoms with van der Waals surface area (Å²) in [6, 6.07) is 0. The van der Waals surface area contributed by atoms with Gasteiger partial charge in [-0.1, -0.05) is 17.8 Å². The van der Waals surface area contributed by atoms with Crippen molar-refractivity contribution < 1.29 is 4.79 Å². The minimum atomic E-state index is -0.0191. The zero-order chi connectivity index (χ0) is 8.55. The third kappa shape index (κ3) is 1.41. The summed E-state index contributed by atoms with van der Waals surface area (Å²) in [6.45, 7) is 0. The highest BCUT2D eigenvalue weighted by atomic mass is 32.2. The maximum absolute atomic E-state index is 11.0. The molecule has 0 unspecified atom stereocenters. The second kappa shape index (κ2) is 3.18. The fourth-order valence-corrected chi connectivity index (χ4v) is 2.83. The van der Waals surface area contributed by atoms with E-state index in [0.29, 0.717) is 4.99 Å². The smallest absolute Gasteiger partial charge is 0.289 e. The molecule has 1 saturated carbocycles. The molecule has 2 aliphatic rings. The van der Waals surface area contributed by atoms with Gasteiger partial charge in [0.2, 0.25) is 0 Å². The first-order valence-corrected chi connectivity index (χ1v) is 5.25. The molecule has 2 rings (SSSR count). The van der Waals surface area contributed by atoms with Gasteiger partial charge in [0.15, 0.2) is 0 Å². The average molecular weight is 199 g/mol. The van der Waals surface area contributed by atoms with E-state index in [9.17, 15) is 4.79 Å². The summed E-state index contributed by atoms with van der Waals surface area (Å²) in [7, 11) is 0. The van der Waals surface area contributed by atoms with Crippen LogP contribution in [0.25, 0.3) is 0 Å². The van der Waals surface area contributed by atoms with Gasteiger partial charge in [-0.05, 0) is 37.4 Å². The van der Waals surface area contributed by atoms with Crippen LogP contribution >= 0.6 is 24.0 Å². The summed E-state index contributed by atoms with van der Waals surface area (Å²) >= 11 is 6.30. The number of carbonyl (C=O) groups is 1. The lowest BCUT2D eigenvalue weighted by Gasteiger charge is -1.98. The van der Waals surface area contributed by atoms with E-state index in [1.807, 2.05) is 0 Å². The number of amides is 1. The zero-order valence-electron chi connectivity index (χ0n) is 6.55. The molecule has 0 bridgehead atoms. The number of hydrogen-bond donors (Lipinski definition) is 1. The van der Waals surface area contributed by atoms with Crippen LogP contribution in [0.2, 0.25) is 0 Å². The maximum Gasteiger partial charge on any atom is 0.289 e. The molecule has 1 aliphatic heterocycles. The van der Waals surface area contributed by atoms with Gasteiger partial charge in [-0.3, -0.25) is 4.79 Å². The van der Waals surface area contributed by atoms with Gasteiger partial charge in [-0.15, -0.1) is 0 Å². The number of carbonyl (C=O) groups excluding carboxylic acids is 1. The van der Waals surface area contributed by atoms with Crippen LogP contribution < -0.4 is 5.32 Å². The zero-order valence-corrected chi connectivity index (χ0v) is 8.19. The Kier molecular flexibility index (Phi) is 2.19. The van der Waals surface area contributed by atoms with Crippen molar-refractivity contribution >= 4 is 34.2 Å². The summed E-state index contributed by atoms with van der Waals surface area (Å²) in [4.78, 5) is 12.6. The quantitative estimate of drug-likeness (QED) is 0.480. The van der Waals surface area contributed by atoms with Crippen LogP contribution in [-0.2, 0) is 0 Å². The number of nitrogens with one attached hydrogen (secondary N) is 1. The molecule has 1 N–H and O–H groups in total. The lowest BCUT2D eigenvalue weighted by atomic mass is 10.2. The fourth-order valence-electron chi connectivity index (χ4n) is 1.58. The van der Waals surface area contributed by atoms with Crippen LogP contribution in [0.15, 0.2) is 10.5 Å². The third-order valence-electron chi connectivity index (χ3n) is 2.14. The third-order valence-corrected chi connectivity index (χ3v) is 3.56. The van der Waals surface area contributed by atoms with E-state index < -0.39 is 0 Å². The van der Waals surface area contributed by atoms with Crippen LogP contribution in [0.1, 0.15) is 25.7 Å². The molecule has 2 fully saturated rings. The average Bonchev–Trinajstić information content (AvgIpc) is 2.58. The molecule has 64 valence electrons. The Hall–Kier alpha value is -0.350. The molecule has 2 nitrogen and oxygen atoms in total. The number of allylic oxidation sites excluding steroid dienone is 1. The van der Waals surface area contributed by atoms with E-state index in [-0.39, 0.29) is 5.24 Å². The van der Waals surface area contributed by atoms with Crippen molar-refractivity contribution in [3.63, 3.8) is 0 Å². The molecule has 0 radical (unpaired) electrons. The summed E-state index contributed by atoms with van der Waals surface area (Å²) in [5, 5.41) is 2.62. The Balaban J connectivity index is 2.27. The molecular formula is C8H9NOS2. The van der Waals surface area contributed by atoms with E-state index in [2.05, 4.69) is 5.32 Å². The van der Waals surface area contributed by atoms with Crippen LogP contribution in [-0.4, -0.2) is 10.2 Å². The Morgan fingerprint density at radius 1 is 1.33 bits per heavy atom. The first-order valence-electron chi connectivity index (χ1n) is 4.02. The molecule has 0 aromatic rings. The lowest BCUT2D eigenvalue weighted by molar-refractivity contribution is 0.265. The van der Waals surface area contributed by atoms with Crippen molar-refractivity contribution in [3.05, 3.63) is 10.5 Å². The van der Waals surface area contributed by atoms with Crippen molar-refractivity contribution in [2.75, 3.05) is 0 Å². The maximum atomic E-state index is 11.0. The first kappa shape index (κ1) is 8.26. The molecule has 0 aromatic heterocycles. The molecule has 4 heteroatoms. The molecular weight excluding hydrogens is 190 g/mol. The minimum absolute atomic E-state index is 0.0191. The number of thiocarbonyl (C=S) groups is 1. The van der Waals surface area contributed by atoms with Crippen molar-refractivity contribution in [2.45, 2.75) is 25.7 Å². The normalized spacial score (nSPS) is 23.7. The second-order valence-corrected chi connectivity index (χ2v) is 4.37. The largest absolute Gasteiger partial charge is 0.307 e. The van der Waals surface area contributed by atoms with Crippen LogP contribution in [0.4, 0.5) is 4.79 Å². The molecule has 0 atom stereocenters. The summed E-state index contributed by atoms with van der Waals surface area (Å²) in [5.74, 6) is 0. The van der Waals surface area contributed by atoms with E-state index in [1.54, 1.807) is 0 Å². The highest BCUT2D eigenvalue weighted by Gasteiger charge is 2.26. The first-order chi connectivity index (χ1) is 5.77. The van der Waals surface area contributed by atoms with Crippen molar-refractivity contribution in [1.82, 2.24) is 5.32 Å². The summed E-state index contributed by atoms with van der Waals surface area (Å²) in [5.41, 5.74) is 1.38.